The molecule has 0 radical (unpaired) electrons. The standard InChI is InChI=1S/C15H17NO2/c1-4-18-15(17)13-10-14(16(3)11(13)2)12-8-6-5-7-9-12/h5-10H,4H2,1-3H3. The minimum absolute atomic E-state index is 0.257. The van der Waals surface area contributed by atoms with Gasteiger partial charge in [-0.1, -0.05) is 30.3 Å². The summed E-state index contributed by atoms with van der Waals surface area (Å²) in [6.45, 7) is 4.14. The van der Waals surface area contributed by atoms with Crippen LogP contribution in [0.1, 0.15) is 23.0 Å². The van der Waals surface area contributed by atoms with Gasteiger partial charge in [-0.2, -0.15) is 0 Å². The molecule has 1 heterocycles. The topological polar surface area (TPSA) is 31.2 Å². The molecule has 0 atom stereocenters. The van der Waals surface area contributed by atoms with E-state index in [9.17, 15) is 4.79 Å². The summed E-state index contributed by atoms with van der Waals surface area (Å²) in [4.78, 5) is 11.8. The van der Waals surface area contributed by atoms with Gasteiger partial charge in [-0.25, -0.2) is 4.79 Å². The van der Waals surface area contributed by atoms with Crippen LogP contribution in [0.15, 0.2) is 36.4 Å². The maximum absolute atomic E-state index is 11.8. The van der Waals surface area contributed by atoms with E-state index in [0.29, 0.717) is 12.2 Å². The van der Waals surface area contributed by atoms with Crippen molar-refractivity contribution in [2.45, 2.75) is 13.8 Å². The maximum atomic E-state index is 11.8. The summed E-state index contributed by atoms with van der Waals surface area (Å²) in [7, 11) is 1.96. The van der Waals surface area contributed by atoms with E-state index < -0.39 is 0 Å². The average Bonchev–Trinajstić information content (AvgIpc) is 2.68. The number of benzene rings is 1. The molecule has 0 amide bonds. The number of hydrogen-bond donors (Lipinski definition) is 0. The molecule has 94 valence electrons. The van der Waals surface area contributed by atoms with E-state index in [0.717, 1.165) is 17.0 Å². The fraction of sp³-hybridized carbons (Fsp3) is 0.267. The molecule has 0 saturated carbocycles. The van der Waals surface area contributed by atoms with Crippen LogP contribution in [0.5, 0.6) is 0 Å². The van der Waals surface area contributed by atoms with Gasteiger partial charge in [0.25, 0.3) is 0 Å². The minimum Gasteiger partial charge on any atom is -0.462 e. The summed E-state index contributed by atoms with van der Waals surface area (Å²) < 4.78 is 7.08. The molecule has 0 unspecified atom stereocenters. The quantitative estimate of drug-likeness (QED) is 0.775. The first-order valence-corrected chi connectivity index (χ1v) is 6.04. The first kappa shape index (κ1) is 12.4. The van der Waals surface area contributed by atoms with E-state index in [1.54, 1.807) is 0 Å². The van der Waals surface area contributed by atoms with Gasteiger partial charge >= 0.3 is 5.97 Å². The van der Waals surface area contributed by atoms with Crippen molar-refractivity contribution < 1.29 is 9.53 Å². The zero-order chi connectivity index (χ0) is 13.1. The largest absolute Gasteiger partial charge is 0.462 e. The molecule has 0 bridgehead atoms. The lowest BCUT2D eigenvalue weighted by atomic mass is 10.1. The lowest BCUT2D eigenvalue weighted by molar-refractivity contribution is 0.0525. The number of esters is 1. The van der Waals surface area contributed by atoms with Crippen molar-refractivity contribution in [2.24, 2.45) is 7.05 Å². The van der Waals surface area contributed by atoms with Crippen LogP contribution in [0.3, 0.4) is 0 Å². The molecule has 1 aromatic heterocycles. The van der Waals surface area contributed by atoms with Crippen molar-refractivity contribution >= 4 is 5.97 Å². The third-order valence-electron chi connectivity index (χ3n) is 3.10. The molecular formula is C15H17NO2. The SMILES string of the molecule is CCOC(=O)c1cc(-c2ccccc2)n(C)c1C. The molecule has 2 rings (SSSR count). The lowest BCUT2D eigenvalue weighted by Gasteiger charge is -2.04. The molecule has 18 heavy (non-hydrogen) atoms. The number of carbonyl (C=O) groups is 1. The van der Waals surface area contributed by atoms with E-state index in [4.69, 9.17) is 4.74 Å². The van der Waals surface area contributed by atoms with Crippen LogP contribution in [0.2, 0.25) is 0 Å². The van der Waals surface area contributed by atoms with Crippen molar-refractivity contribution in [2.75, 3.05) is 6.61 Å². The van der Waals surface area contributed by atoms with E-state index in [1.807, 2.05) is 61.9 Å². The third-order valence-corrected chi connectivity index (χ3v) is 3.10. The number of hydrogen-bond acceptors (Lipinski definition) is 2. The van der Waals surface area contributed by atoms with Gasteiger partial charge in [-0.15, -0.1) is 0 Å². The van der Waals surface area contributed by atoms with E-state index in [-0.39, 0.29) is 5.97 Å². The third kappa shape index (κ3) is 2.16. The highest BCUT2D eigenvalue weighted by atomic mass is 16.5. The second kappa shape index (κ2) is 5.08. The first-order chi connectivity index (χ1) is 8.65. The highest BCUT2D eigenvalue weighted by molar-refractivity contribution is 5.92. The Bertz CT molecular complexity index is 555. The van der Waals surface area contributed by atoms with E-state index in [2.05, 4.69) is 0 Å². The van der Waals surface area contributed by atoms with Gasteiger partial charge in [0.2, 0.25) is 0 Å². The van der Waals surface area contributed by atoms with Crippen LogP contribution < -0.4 is 0 Å². The monoisotopic (exact) mass is 243 g/mol. The zero-order valence-electron chi connectivity index (χ0n) is 10.9. The summed E-state index contributed by atoms with van der Waals surface area (Å²) in [5.74, 6) is -0.257. The summed E-state index contributed by atoms with van der Waals surface area (Å²) in [5, 5.41) is 0. The van der Waals surface area contributed by atoms with Crippen molar-refractivity contribution in [3.05, 3.63) is 47.7 Å². The summed E-state index contributed by atoms with van der Waals surface area (Å²) in [6, 6.07) is 11.9. The Morgan fingerprint density at radius 3 is 2.56 bits per heavy atom. The van der Waals surface area contributed by atoms with Crippen LogP contribution in [-0.4, -0.2) is 17.1 Å². The Kier molecular flexibility index (Phi) is 3.51. The Morgan fingerprint density at radius 2 is 1.94 bits per heavy atom. The molecule has 1 aromatic carbocycles. The van der Waals surface area contributed by atoms with Gasteiger partial charge in [-0.05, 0) is 25.5 Å². The molecular weight excluding hydrogens is 226 g/mol. The normalized spacial score (nSPS) is 10.4. The highest BCUT2D eigenvalue weighted by Gasteiger charge is 2.17. The van der Waals surface area contributed by atoms with Crippen LogP contribution in [-0.2, 0) is 11.8 Å². The van der Waals surface area contributed by atoms with Crippen LogP contribution in [0, 0.1) is 6.92 Å². The highest BCUT2D eigenvalue weighted by Crippen LogP contribution is 2.25. The van der Waals surface area contributed by atoms with Gasteiger partial charge in [0.15, 0.2) is 0 Å². The van der Waals surface area contributed by atoms with Gasteiger partial charge in [0.1, 0.15) is 0 Å². The van der Waals surface area contributed by atoms with Gasteiger partial charge in [-0.3, -0.25) is 0 Å². The van der Waals surface area contributed by atoms with Crippen molar-refractivity contribution in [1.29, 1.82) is 0 Å². The predicted molar refractivity (Wildman–Crippen MR) is 71.5 cm³/mol. The number of carbonyl (C=O) groups excluding carboxylic acids is 1. The summed E-state index contributed by atoms with van der Waals surface area (Å²) in [6.07, 6.45) is 0. The minimum atomic E-state index is -0.257. The van der Waals surface area contributed by atoms with E-state index in [1.165, 1.54) is 0 Å². The van der Waals surface area contributed by atoms with Crippen LogP contribution >= 0.6 is 0 Å². The first-order valence-electron chi connectivity index (χ1n) is 6.04. The molecule has 0 aliphatic rings. The molecule has 0 spiro atoms. The number of ether oxygens (including phenoxy) is 1. The van der Waals surface area contributed by atoms with Gasteiger partial charge < -0.3 is 9.30 Å². The van der Waals surface area contributed by atoms with E-state index >= 15 is 0 Å². The van der Waals surface area contributed by atoms with Gasteiger partial charge in [0, 0.05) is 18.4 Å². The Hall–Kier alpha value is -2.03. The van der Waals surface area contributed by atoms with Crippen molar-refractivity contribution in [1.82, 2.24) is 4.57 Å². The molecule has 0 saturated heterocycles. The van der Waals surface area contributed by atoms with Crippen LogP contribution in [0.4, 0.5) is 0 Å². The fourth-order valence-electron chi connectivity index (χ4n) is 2.00. The molecule has 3 heteroatoms. The molecule has 0 N–H and O–H groups in total. The molecule has 2 aromatic rings. The zero-order valence-corrected chi connectivity index (χ0v) is 10.9. The fourth-order valence-corrected chi connectivity index (χ4v) is 2.00. The molecule has 0 aliphatic carbocycles. The van der Waals surface area contributed by atoms with Gasteiger partial charge in [0.05, 0.1) is 12.2 Å². The Morgan fingerprint density at radius 1 is 1.28 bits per heavy atom. The van der Waals surface area contributed by atoms with Crippen LogP contribution in [0.25, 0.3) is 11.3 Å². The Balaban J connectivity index is 2.46. The second-order valence-electron chi connectivity index (χ2n) is 4.17. The molecule has 0 aliphatic heterocycles. The van der Waals surface area contributed by atoms with Crippen molar-refractivity contribution in [3.8, 4) is 11.3 Å². The second-order valence-corrected chi connectivity index (χ2v) is 4.17. The maximum Gasteiger partial charge on any atom is 0.339 e. The summed E-state index contributed by atoms with van der Waals surface area (Å²) >= 11 is 0. The molecule has 3 nitrogen and oxygen atoms in total. The number of nitrogens with zero attached hydrogens (tertiary/aromatic N) is 1. The number of rotatable bonds is 3. The molecule has 0 fully saturated rings. The smallest absolute Gasteiger partial charge is 0.339 e. The average molecular weight is 243 g/mol. The van der Waals surface area contributed by atoms with Crippen molar-refractivity contribution in [3.63, 3.8) is 0 Å². The Labute approximate surface area is 107 Å². The summed E-state index contributed by atoms with van der Waals surface area (Å²) in [5.41, 5.74) is 3.68. The number of aromatic nitrogens is 1. The predicted octanol–water partition coefficient (Wildman–Crippen LogP) is 3.18. The lowest BCUT2D eigenvalue weighted by Crippen LogP contribution is -2.06.